The van der Waals surface area contributed by atoms with Crippen molar-refractivity contribution in [1.82, 2.24) is 24.7 Å². The van der Waals surface area contributed by atoms with Crippen molar-refractivity contribution >= 4 is 29.3 Å². The Morgan fingerprint density at radius 1 is 1.45 bits per heavy atom. The lowest BCUT2D eigenvalue weighted by atomic mass is 10.1. The van der Waals surface area contributed by atoms with Crippen LogP contribution in [-0.4, -0.2) is 41.8 Å². The molecule has 20 heavy (non-hydrogen) atoms. The third-order valence-corrected chi connectivity index (χ3v) is 4.93. The summed E-state index contributed by atoms with van der Waals surface area (Å²) < 4.78 is 1.80. The largest absolute Gasteiger partial charge is 0.353 e. The van der Waals surface area contributed by atoms with E-state index in [2.05, 4.69) is 32.3 Å². The van der Waals surface area contributed by atoms with Gasteiger partial charge in [0.2, 0.25) is 11.2 Å². The minimum Gasteiger partial charge on any atom is -0.353 e. The molecule has 1 fully saturated rings. The van der Waals surface area contributed by atoms with Crippen molar-refractivity contribution in [2.24, 2.45) is 0 Å². The number of anilines is 1. The maximum absolute atomic E-state index is 5.95. The van der Waals surface area contributed by atoms with Crippen LogP contribution in [0.2, 0.25) is 5.28 Å². The van der Waals surface area contributed by atoms with Gasteiger partial charge in [0.1, 0.15) is 0 Å². The van der Waals surface area contributed by atoms with Crippen molar-refractivity contribution < 1.29 is 0 Å². The number of thioether (sulfide) groups is 1. The van der Waals surface area contributed by atoms with Gasteiger partial charge in [0, 0.05) is 23.7 Å². The number of hydrogen-bond donors (Lipinski definition) is 1. The Labute approximate surface area is 126 Å². The van der Waals surface area contributed by atoms with E-state index < -0.39 is 0 Å². The summed E-state index contributed by atoms with van der Waals surface area (Å²) in [6, 6.07) is 1.81. The molecule has 3 heterocycles. The van der Waals surface area contributed by atoms with E-state index in [1.54, 1.807) is 23.1 Å². The van der Waals surface area contributed by atoms with Crippen LogP contribution in [0, 0.1) is 0 Å². The average molecular weight is 311 g/mol. The van der Waals surface area contributed by atoms with Crippen molar-refractivity contribution in [2.45, 2.75) is 24.5 Å². The minimum absolute atomic E-state index is 0.164. The van der Waals surface area contributed by atoms with Crippen LogP contribution in [0.5, 0.6) is 0 Å². The van der Waals surface area contributed by atoms with Gasteiger partial charge in [0.15, 0.2) is 0 Å². The molecule has 0 radical (unpaired) electrons. The first-order chi connectivity index (χ1) is 9.65. The summed E-state index contributed by atoms with van der Waals surface area (Å²) in [6.45, 7) is 3.07. The van der Waals surface area contributed by atoms with E-state index in [0.717, 1.165) is 6.54 Å². The molecule has 1 saturated heterocycles. The quantitative estimate of drug-likeness (QED) is 0.935. The molecule has 0 aromatic carbocycles. The monoisotopic (exact) mass is 310 g/mol. The lowest BCUT2D eigenvalue weighted by Gasteiger charge is -2.22. The second-order valence-electron chi connectivity index (χ2n) is 4.93. The summed E-state index contributed by atoms with van der Waals surface area (Å²) in [5, 5.41) is 7.52. The SMILES string of the molecule is CC1(CNc2nc(Cl)nc(-n3cccn3)n2)CCCS1. The first-order valence-electron chi connectivity index (χ1n) is 6.44. The molecule has 0 amide bonds. The highest BCUT2D eigenvalue weighted by Gasteiger charge is 2.29. The Hall–Kier alpha value is -1.34. The molecule has 8 heteroatoms. The van der Waals surface area contributed by atoms with Crippen LogP contribution in [-0.2, 0) is 0 Å². The fourth-order valence-electron chi connectivity index (χ4n) is 2.15. The molecular weight excluding hydrogens is 296 g/mol. The average Bonchev–Trinajstić information content (AvgIpc) is 3.08. The molecule has 0 aliphatic carbocycles. The lowest BCUT2D eigenvalue weighted by Crippen LogP contribution is -2.28. The second-order valence-corrected chi connectivity index (χ2v) is 6.95. The van der Waals surface area contributed by atoms with Gasteiger partial charge >= 0.3 is 0 Å². The van der Waals surface area contributed by atoms with E-state index in [1.807, 2.05) is 11.8 Å². The standard InChI is InChI=1S/C12H15ClN6S/c1-12(4-2-7-20-12)8-14-10-16-9(13)17-11(18-10)19-6-3-5-15-19/h3,5-6H,2,4,7-8H2,1H3,(H,14,16,17,18). The van der Waals surface area contributed by atoms with Gasteiger partial charge in [-0.2, -0.15) is 31.8 Å². The predicted molar refractivity (Wildman–Crippen MR) is 80.5 cm³/mol. The molecule has 1 atom stereocenters. The van der Waals surface area contributed by atoms with E-state index in [9.17, 15) is 0 Å². The molecule has 106 valence electrons. The van der Waals surface area contributed by atoms with E-state index >= 15 is 0 Å². The van der Waals surface area contributed by atoms with Crippen LogP contribution < -0.4 is 5.32 Å². The zero-order valence-electron chi connectivity index (χ0n) is 11.1. The van der Waals surface area contributed by atoms with Crippen molar-refractivity contribution in [1.29, 1.82) is 0 Å². The van der Waals surface area contributed by atoms with Crippen molar-refractivity contribution in [3.05, 3.63) is 23.7 Å². The van der Waals surface area contributed by atoms with Crippen LogP contribution in [0.1, 0.15) is 19.8 Å². The van der Waals surface area contributed by atoms with E-state index in [1.165, 1.54) is 18.6 Å². The minimum atomic E-state index is 0.164. The van der Waals surface area contributed by atoms with Crippen LogP contribution >= 0.6 is 23.4 Å². The Balaban J connectivity index is 1.76. The predicted octanol–water partition coefficient (Wildman–Crippen LogP) is 2.41. The highest BCUT2D eigenvalue weighted by molar-refractivity contribution is 8.00. The van der Waals surface area contributed by atoms with E-state index in [0.29, 0.717) is 11.9 Å². The molecule has 0 spiro atoms. The van der Waals surface area contributed by atoms with Crippen LogP contribution in [0.3, 0.4) is 0 Å². The van der Waals surface area contributed by atoms with E-state index in [4.69, 9.17) is 11.6 Å². The smallest absolute Gasteiger partial charge is 0.256 e. The zero-order valence-corrected chi connectivity index (χ0v) is 12.7. The van der Waals surface area contributed by atoms with Gasteiger partial charge in [-0.1, -0.05) is 0 Å². The normalized spacial score (nSPS) is 22.1. The number of aromatic nitrogens is 5. The van der Waals surface area contributed by atoms with Gasteiger partial charge in [0.25, 0.3) is 5.95 Å². The third-order valence-electron chi connectivity index (χ3n) is 3.23. The molecule has 2 aromatic heterocycles. The van der Waals surface area contributed by atoms with Crippen molar-refractivity contribution in [3.63, 3.8) is 0 Å². The Morgan fingerprint density at radius 3 is 3.05 bits per heavy atom. The van der Waals surface area contributed by atoms with Gasteiger partial charge in [-0.3, -0.25) is 0 Å². The maximum Gasteiger partial charge on any atom is 0.256 e. The first-order valence-corrected chi connectivity index (χ1v) is 7.80. The van der Waals surface area contributed by atoms with Gasteiger partial charge in [-0.15, -0.1) is 0 Å². The van der Waals surface area contributed by atoms with Gasteiger partial charge in [-0.05, 0) is 43.2 Å². The topological polar surface area (TPSA) is 68.5 Å². The molecule has 3 rings (SSSR count). The van der Waals surface area contributed by atoms with Crippen LogP contribution in [0.25, 0.3) is 5.95 Å². The van der Waals surface area contributed by atoms with Crippen LogP contribution in [0.15, 0.2) is 18.5 Å². The number of rotatable bonds is 4. The van der Waals surface area contributed by atoms with Gasteiger partial charge in [-0.25, -0.2) is 4.68 Å². The summed E-state index contributed by atoms with van der Waals surface area (Å²) in [5.74, 6) is 2.13. The number of nitrogens with zero attached hydrogens (tertiary/aromatic N) is 5. The highest BCUT2D eigenvalue weighted by Crippen LogP contribution is 2.37. The number of halogens is 1. The maximum atomic E-state index is 5.95. The summed E-state index contributed by atoms with van der Waals surface area (Å²) >= 11 is 7.93. The molecule has 1 aliphatic heterocycles. The van der Waals surface area contributed by atoms with Crippen molar-refractivity contribution in [3.8, 4) is 5.95 Å². The summed E-state index contributed by atoms with van der Waals surface area (Å²) in [6.07, 6.45) is 5.90. The van der Waals surface area contributed by atoms with Crippen molar-refractivity contribution in [2.75, 3.05) is 17.6 Å². The number of nitrogens with one attached hydrogen (secondary N) is 1. The first kappa shape index (κ1) is 13.6. The molecule has 0 bridgehead atoms. The van der Waals surface area contributed by atoms with Gasteiger partial charge < -0.3 is 5.32 Å². The summed E-state index contributed by atoms with van der Waals surface area (Å²) in [4.78, 5) is 12.5. The number of hydrogen-bond acceptors (Lipinski definition) is 6. The molecular formula is C12H15ClN6S. The third kappa shape index (κ3) is 3.04. The fourth-order valence-corrected chi connectivity index (χ4v) is 3.55. The molecule has 2 aromatic rings. The molecule has 1 unspecified atom stereocenters. The molecule has 6 nitrogen and oxygen atoms in total. The lowest BCUT2D eigenvalue weighted by molar-refractivity contribution is 0.631. The van der Waals surface area contributed by atoms with Gasteiger partial charge in [0.05, 0.1) is 0 Å². The molecule has 0 saturated carbocycles. The van der Waals surface area contributed by atoms with Crippen LogP contribution in [0.4, 0.5) is 5.95 Å². The fraction of sp³-hybridized carbons (Fsp3) is 0.500. The summed E-state index contributed by atoms with van der Waals surface area (Å²) in [7, 11) is 0. The highest BCUT2D eigenvalue weighted by atomic mass is 35.5. The Morgan fingerprint density at radius 2 is 2.35 bits per heavy atom. The summed E-state index contributed by atoms with van der Waals surface area (Å²) in [5.41, 5.74) is 0. The molecule has 1 aliphatic rings. The molecule has 1 N–H and O–H groups in total. The zero-order chi connectivity index (χ0) is 14.0. The Bertz CT molecular complexity index is 582. The Kier molecular flexibility index (Phi) is 3.80. The van der Waals surface area contributed by atoms with E-state index in [-0.39, 0.29) is 10.0 Å². The second kappa shape index (κ2) is 5.57.